The molecular formula is C14H16N4O2S2. The van der Waals surface area contributed by atoms with E-state index < -0.39 is 0 Å². The third-order valence-corrected chi connectivity index (χ3v) is 4.70. The molecule has 0 fully saturated rings. The van der Waals surface area contributed by atoms with E-state index in [0.29, 0.717) is 6.61 Å². The van der Waals surface area contributed by atoms with Crippen molar-refractivity contribution in [2.75, 3.05) is 12.9 Å². The van der Waals surface area contributed by atoms with Gasteiger partial charge < -0.3 is 9.47 Å². The van der Waals surface area contributed by atoms with Gasteiger partial charge in [0, 0.05) is 0 Å². The third-order valence-electron chi connectivity index (χ3n) is 2.95. The molecule has 2 heterocycles. The van der Waals surface area contributed by atoms with Gasteiger partial charge >= 0.3 is 0 Å². The van der Waals surface area contributed by atoms with Crippen molar-refractivity contribution in [1.82, 2.24) is 19.8 Å². The highest BCUT2D eigenvalue weighted by atomic mass is 32.2. The maximum absolute atomic E-state index is 5.74. The molecule has 2 aromatic heterocycles. The van der Waals surface area contributed by atoms with Crippen LogP contribution >= 0.6 is 23.1 Å². The van der Waals surface area contributed by atoms with Gasteiger partial charge in [0.1, 0.15) is 18.1 Å². The summed E-state index contributed by atoms with van der Waals surface area (Å²) in [5.41, 5.74) is 0. The van der Waals surface area contributed by atoms with Gasteiger partial charge in [-0.1, -0.05) is 18.3 Å². The summed E-state index contributed by atoms with van der Waals surface area (Å²) in [4.78, 5) is 0.806. The van der Waals surface area contributed by atoms with Gasteiger partial charge in [-0.05, 0) is 30.0 Å². The van der Waals surface area contributed by atoms with Gasteiger partial charge in [-0.3, -0.25) is 0 Å². The molecule has 0 amide bonds. The molecule has 0 aliphatic heterocycles. The number of benzene rings is 1. The van der Waals surface area contributed by atoms with Crippen LogP contribution in [0.1, 0.15) is 17.8 Å². The van der Waals surface area contributed by atoms with Crippen LogP contribution in [0.4, 0.5) is 0 Å². The van der Waals surface area contributed by atoms with Crippen LogP contribution in [0, 0.1) is 0 Å². The van der Waals surface area contributed by atoms with Gasteiger partial charge in [-0.15, -0.1) is 10.2 Å². The number of fused-ring (bicyclic) bond motifs is 1. The summed E-state index contributed by atoms with van der Waals surface area (Å²) in [6, 6.07) is 7.49. The predicted molar refractivity (Wildman–Crippen MR) is 87.8 cm³/mol. The quantitative estimate of drug-likeness (QED) is 0.661. The second kappa shape index (κ2) is 6.97. The average molecular weight is 336 g/mol. The largest absolute Gasteiger partial charge is 0.497 e. The van der Waals surface area contributed by atoms with Crippen molar-refractivity contribution in [3.05, 3.63) is 35.1 Å². The molecule has 22 heavy (non-hydrogen) atoms. The van der Waals surface area contributed by atoms with Crippen molar-refractivity contribution in [2.24, 2.45) is 0 Å². The number of nitrogens with zero attached hydrogens (tertiary/aromatic N) is 4. The maximum atomic E-state index is 5.74. The van der Waals surface area contributed by atoms with Gasteiger partial charge in [0.15, 0.2) is 10.8 Å². The van der Waals surface area contributed by atoms with E-state index in [2.05, 4.69) is 22.2 Å². The smallest absolute Gasteiger partial charge is 0.234 e. The minimum Gasteiger partial charge on any atom is -0.497 e. The molecule has 0 radical (unpaired) electrons. The Balaban J connectivity index is 1.67. The highest BCUT2D eigenvalue weighted by Gasteiger charge is 2.11. The molecule has 0 atom stereocenters. The first-order valence-electron chi connectivity index (χ1n) is 6.84. The van der Waals surface area contributed by atoms with Crippen molar-refractivity contribution >= 4 is 28.1 Å². The first-order valence-corrected chi connectivity index (χ1v) is 8.82. The van der Waals surface area contributed by atoms with E-state index in [-0.39, 0.29) is 0 Å². The first-order chi connectivity index (χ1) is 10.8. The maximum Gasteiger partial charge on any atom is 0.234 e. The van der Waals surface area contributed by atoms with Crippen LogP contribution in [0.5, 0.6) is 11.5 Å². The van der Waals surface area contributed by atoms with Crippen LogP contribution in [0.15, 0.2) is 24.3 Å². The van der Waals surface area contributed by atoms with Gasteiger partial charge in [-0.25, -0.2) is 0 Å². The summed E-state index contributed by atoms with van der Waals surface area (Å²) in [6.45, 7) is 2.54. The third kappa shape index (κ3) is 3.33. The Kier molecular flexibility index (Phi) is 4.79. The van der Waals surface area contributed by atoms with E-state index in [4.69, 9.17) is 9.47 Å². The Morgan fingerprint density at radius 1 is 1.18 bits per heavy atom. The molecule has 0 saturated carbocycles. The number of aromatic nitrogens is 4. The van der Waals surface area contributed by atoms with E-state index in [1.807, 2.05) is 24.3 Å². The van der Waals surface area contributed by atoms with Crippen LogP contribution in [-0.4, -0.2) is 32.7 Å². The second-order valence-electron chi connectivity index (χ2n) is 4.41. The molecule has 1 aromatic carbocycles. The summed E-state index contributed by atoms with van der Waals surface area (Å²) in [5, 5.41) is 13.7. The Hall–Kier alpha value is -1.80. The molecule has 0 unspecified atom stereocenters. The average Bonchev–Trinajstić information content (AvgIpc) is 3.12. The normalized spacial score (nSPS) is 11.0. The number of hydrogen-bond donors (Lipinski definition) is 0. The van der Waals surface area contributed by atoms with Crippen LogP contribution in [0.25, 0.3) is 4.96 Å². The molecule has 116 valence electrons. The molecule has 0 aliphatic carbocycles. The summed E-state index contributed by atoms with van der Waals surface area (Å²) in [5.74, 6) is 4.35. The van der Waals surface area contributed by atoms with Crippen LogP contribution in [0.2, 0.25) is 0 Å². The minimum absolute atomic E-state index is 0.417. The van der Waals surface area contributed by atoms with Gasteiger partial charge in [0.25, 0.3) is 0 Å². The molecule has 0 spiro atoms. The fourth-order valence-corrected chi connectivity index (χ4v) is 3.19. The van der Waals surface area contributed by atoms with E-state index >= 15 is 0 Å². The number of thioether (sulfide) groups is 1. The zero-order chi connectivity index (χ0) is 15.4. The van der Waals surface area contributed by atoms with Gasteiger partial charge in [0.2, 0.25) is 4.96 Å². The Bertz CT molecular complexity index is 739. The highest BCUT2D eigenvalue weighted by Crippen LogP contribution is 2.21. The molecule has 0 aliphatic rings. The Morgan fingerprint density at radius 3 is 2.68 bits per heavy atom. The van der Waals surface area contributed by atoms with E-state index in [1.54, 1.807) is 23.4 Å². The molecule has 0 bridgehead atoms. The zero-order valence-electron chi connectivity index (χ0n) is 12.4. The summed E-state index contributed by atoms with van der Waals surface area (Å²) < 4.78 is 12.7. The van der Waals surface area contributed by atoms with Gasteiger partial charge in [-0.2, -0.15) is 21.4 Å². The van der Waals surface area contributed by atoms with Crippen molar-refractivity contribution in [3.8, 4) is 11.5 Å². The summed E-state index contributed by atoms with van der Waals surface area (Å²) in [6.07, 6.45) is 0. The van der Waals surface area contributed by atoms with Crippen LogP contribution < -0.4 is 9.47 Å². The fraction of sp³-hybridized carbons (Fsp3) is 0.357. The standard InChI is InChI=1S/C14H16N4O2S2/c1-3-21-9-12-15-16-14-18(12)17-13(22-14)8-20-11-6-4-10(19-2)5-7-11/h4-7H,3,8-9H2,1-2H3. The number of methoxy groups -OCH3 is 1. The lowest BCUT2D eigenvalue weighted by molar-refractivity contribution is 0.303. The second-order valence-corrected chi connectivity index (χ2v) is 6.72. The lowest BCUT2D eigenvalue weighted by Gasteiger charge is -2.04. The molecule has 3 aromatic rings. The number of ether oxygens (including phenoxy) is 2. The number of rotatable bonds is 7. The lowest BCUT2D eigenvalue weighted by atomic mass is 10.3. The lowest BCUT2D eigenvalue weighted by Crippen LogP contribution is -1.99. The minimum atomic E-state index is 0.417. The van der Waals surface area contributed by atoms with Crippen LogP contribution in [-0.2, 0) is 12.4 Å². The molecule has 6 nitrogen and oxygen atoms in total. The Labute approximate surface area is 136 Å². The topological polar surface area (TPSA) is 61.5 Å². The van der Waals surface area contributed by atoms with Crippen molar-refractivity contribution in [2.45, 2.75) is 19.3 Å². The molecule has 8 heteroatoms. The van der Waals surface area contributed by atoms with E-state index in [1.165, 1.54) is 11.3 Å². The van der Waals surface area contributed by atoms with Crippen LogP contribution in [0.3, 0.4) is 0 Å². The molecule has 0 N–H and O–H groups in total. The monoisotopic (exact) mass is 336 g/mol. The van der Waals surface area contributed by atoms with Crippen molar-refractivity contribution in [1.29, 1.82) is 0 Å². The van der Waals surface area contributed by atoms with Crippen molar-refractivity contribution < 1.29 is 9.47 Å². The van der Waals surface area contributed by atoms with Gasteiger partial charge in [0.05, 0.1) is 12.9 Å². The summed E-state index contributed by atoms with van der Waals surface area (Å²) >= 11 is 3.30. The first kappa shape index (κ1) is 15.1. The van der Waals surface area contributed by atoms with E-state index in [0.717, 1.165) is 38.8 Å². The fourth-order valence-electron chi connectivity index (χ4n) is 1.86. The predicted octanol–water partition coefficient (Wildman–Crippen LogP) is 3.03. The molecular weight excluding hydrogens is 320 g/mol. The number of hydrogen-bond acceptors (Lipinski definition) is 7. The summed E-state index contributed by atoms with van der Waals surface area (Å²) in [7, 11) is 1.64. The Morgan fingerprint density at radius 2 is 1.95 bits per heavy atom. The SMILES string of the molecule is CCSCc1nnc2sc(COc3ccc(OC)cc3)nn12. The molecule has 0 saturated heterocycles. The zero-order valence-corrected chi connectivity index (χ0v) is 14.0. The van der Waals surface area contributed by atoms with Crippen molar-refractivity contribution in [3.63, 3.8) is 0 Å². The molecule has 3 rings (SSSR count). The highest BCUT2D eigenvalue weighted by molar-refractivity contribution is 7.98. The van der Waals surface area contributed by atoms with E-state index in [9.17, 15) is 0 Å².